The standard InChI is InChI=1S/C17H25BrOS2/c1-19-17-11-14(12-20-6-2-3-7-20)16(18)10-15(17)13-21-8-4-5-9-21/h10-11H,2-9,12-13H2,1H3/q+2. The van der Waals surface area contributed by atoms with E-state index in [9.17, 15) is 0 Å². The summed E-state index contributed by atoms with van der Waals surface area (Å²) in [5.74, 6) is 9.28. The second kappa shape index (κ2) is 7.65. The number of methoxy groups -OCH3 is 1. The molecule has 0 saturated carbocycles. The van der Waals surface area contributed by atoms with E-state index in [1.807, 2.05) is 7.11 Å². The maximum atomic E-state index is 5.70. The molecule has 1 aromatic carbocycles. The Labute approximate surface area is 143 Å². The van der Waals surface area contributed by atoms with Crippen LogP contribution in [0.5, 0.6) is 5.75 Å². The molecule has 0 spiro atoms. The predicted molar refractivity (Wildman–Crippen MR) is 101 cm³/mol. The molecule has 2 heterocycles. The second-order valence-corrected chi connectivity index (χ2v) is 11.5. The van der Waals surface area contributed by atoms with Gasteiger partial charge in [0.1, 0.15) is 40.3 Å². The number of hydrogen-bond donors (Lipinski definition) is 0. The lowest BCUT2D eigenvalue weighted by atomic mass is 10.1. The Morgan fingerprint density at radius 3 is 1.95 bits per heavy atom. The average Bonchev–Trinajstić information content (AvgIpc) is 3.15. The lowest BCUT2D eigenvalue weighted by Crippen LogP contribution is -2.10. The third-order valence-corrected chi connectivity index (χ3v) is 10.0. The Bertz CT molecular complexity index is 480. The largest absolute Gasteiger partial charge is 0.496 e. The van der Waals surface area contributed by atoms with Gasteiger partial charge in [-0.25, -0.2) is 0 Å². The summed E-state index contributed by atoms with van der Waals surface area (Å²) in [7, 11) is 3.02. The van der Waals surface area contributed by atoms with Crippen LogP contribution in [0.3, 0.4) is 0 Å². The molecule has 0 aromatic heterocycles. The smallest absolute Gasteiger partial charge is 0.136 e. The van der Waals surface area contributed by atoms with E-state index in [4.69, 9.17) is 4.74 Å². The number of halogens is 1. The molecule has 0 unspecified atom stereocenters. The first-order chi connectivity index (χ1) is 10.3. The second-order valence-electron chi connectivity index (χ2n) is 6.00. The number of benzene rings is 1. The van der Waals surface area contributed by atoms with Crippen LogP contribution in [0.2, 0.25) is 0 Å². The fourth-order valence-electron chi connectivity index (χ4n) is 3.21. The van der Waals surface area contributed by atoms with Crippen molar-refractivity contribution in [2.45, 2.75) is 37.2 Å². The first-order valence-corrected chi connectivity index (χ1v) is 12.2. The molecule has 21 heavy (non-hydrogen) atoms. The Kier molecular flexibility index (Phi) is 5.85. The summed E-state index contributed by atoms with van der Waals surface area (Å²) in [5.41, 5.74) is 2.86. The van der Waals surface area contributed by atoms with Crippen LogP contribution in [0.1, 0.15) is 36.8 Å². The molecule has 4 heteroatoms. The van der Waals surface area contributed by atoms with E-state index >= 15 is 0 Å². The highest BCUT2D eigenvalue weighted by Crippen LogP contribution is 2.33. The molecule has 2 aliphatic heterocycles. The van der Waals surface area contributed by atoms with Crippen molar-refractivity contribution >= 4 is 37.7 Å². The number of hydrogen-bond acceptors (Lipinski definition) is 1. The monoisotopic (exact) mass is 388 g/mol. The molecule has 0 N–H and O–H groups in total. The van der Waals surface area contributed by atoms with Crippen LogP contribution in [0, 0.1) is 0 Å². The van der Waals surface area contributed by atoms with Crippen LogP contribution >= 0.6 is 15.9 Å². The normalized spacial score (nSPS) is 20.3. The quantitative estimate of drug-likeness (QED) is 0.683. The van der Waals surface area contributed by atoms with Gasteiger partial charge in [-0.05, 0) is 59.6 Å². The van der Waals surface area contributed by atoms with Crippen molar-refractivity contribution < 1.29 is 4.74 Å². The maximum Gasteiger partial charge on any atom is 0.136 e. The van der Waals surface area contributed by atoms with Gasteiger partial charge in [-0.3, -0.25) is 0 Å². The van der Waals surface area contributed by atoms with E-state index in [0.29, 0.717) is 21.8 Å². The zero-order valence-electron chi connectivity index (χ0n) is 12.8. The fraction of sp³-hybridized carbons (Fsp3) is 0.647. The maximum absolute atomic E-state index is 5.70. The van der Waals surface area contributed by atoms with Gasteiger partial charge in [0, 0.05) is 15.6 Å². The summed E-state index contributed by atoms with van der Waals surface area (Å²) >= 11 is 3.82. The Hall–Kier alpha value is 0.200. The lowest BCUT2D eigenvalue weighted by molar-refractivity contribution is 0.411. The molecule has 2 fully saturated rings. The Balaban J connectivity index is 1.76. The van der Waals surface area contributed by atoms with E-state index in [1.54, 1.807) is 0 Å². The van der Waals surface area contributed by atoms with Gasteiger partial charge in [-0.2, -0.15) is 0 Å². The number of rotatable bonds is 5. The van der Waals surface area contributed by atoms with E-state index in [-0.39, 0.29) is 0 Å². The van der Waals surface area contributed by atoms with Crippen molar-refractivity contribution in [3.63, 3.8) is 0 Å². The first-order valence-electron chi connectivity index (χ1n) is 7.90. The third-order valence-electron chi connectivity index (χ3n) is 4.40. The van der Waals surface area contributed by atoms with Crippen molar-refractivity contribution in [2.75, 3.05) is 30.1 Å². The molecule has 0 bridgehead atoms. The topological polar surface area (TPSA) is 9.23 Å². The first kappa shape index (κ1) is 16.1. The van der Waals surface area contributed by atoms with Crippen molar-refractivity contribution in [1.82, 2.24) is 0 Å². The van der Waals surface area contributed by atoms with Crippen LogP contribution in [0.4, 0.5) is 0 Å². The van der Waals surface area contributed by atoms with Crippen LogP contribution < -0.4 is 4.74 Å². The third kappa shape index (κ3) is 4.14. The fourth-order valence-corrected chi connectivity index (χ4v) is 8.70. The van der Waals surface area contributed by atoms with Crippen LogP contribution in [0.25, 0.3) is 0 Å². The van der Waals surface area contributed by atoms with Gasteiger partial charge in [0.15, 0.2) is 0 Å². The van der Waals surface area contributed by atoms with Gasteiger partial charge in [-0.15, -0.1) is 0 Å². The highest BCUT2D eigenvalue weighted by molar-refractivity contribution is 9.10. The van der Waals surface area contributed by atoms with Gasteiger partial charge in [0.05, 0.1) is 7.11 Å². The van der Waals surface area contributed by atoms with Crippen molar-refractivity contribution in [1.29, 1.82) is 0 Å². The molecular weight excluding hydrogens is 364 g/mol. The summed E-state index contributed by atoms with van der Waals surface area (Å²) in [5, 5.41) is 0. The molecular formula is C17H25BrOS2+2. The Morgan fingerprint density at radius 2 is 1.43 bits per heavy atom. The summed E-state index contributed by atoms with van der Waals surface area (Å²) in [6, 6.07) is 4.66. The minimum Gasteiger partial charge on any atom is -0.496 e. The molecule has 0 atom stereocenters. The molecule has 2 saturated heterocycles. The van der Waals surface area contributed by atoms with Crippen molar-refractivity contribution in [2.24, 2.45) is 0 Å². The Morgan fingerprint density at radius 1 is 0.905 bits per heavy atom. The lowest BCUT2D eigenvalue weighted by Gasteiger charge is -2.12. The van der Waals surface area contributed by atoms with E-state index in [1.165, 1.54) is 75.8 Å². The summed E-state index contributed by atoms with van der Waals surface area (Å²) in [6.07, 6.45) is 5.71. The molecule has 3 rings (SSSR count). The average molecular weight is 389 g/mol. The van der Waals surface area contributed by atoms with E-state index in [0.717, 1.165) is 5.75 Å². The predicted octanol–water partition coefficient (Wildman–Crippen LogP) is 4.28. The summed E-state index contributed by atoms with van der Waals surface area (Å²) in [6.45, 7) is 0. The van der Waals surface area contributed by atoms with Gasteiger partial charge >= 0.3 is 0 Å². The summed E-state index contributed by atoms with van der Waals surface area (Å²) < 4.78 is 7.01. The van der Waals surface area contributed by atoms with Gasteiger partial charge in [0.25, 0.3) is 0 Å². The molecule has 2 aliphatic rings. The highest BCUT2D eigenvalue weighted by atomic mass is 79.9. The molecule has 1 nitrogen and oxygen atoms in total. The van der Waals surface area contributed by atoms with Gasteiger partial charge < -0.3 is 4.74 Å². The molecule has 0 aliphatic carbocycles. The minimum absolute atomic E-state index is 0.592. The SMILES string of the molecule is COc1cc(C[S+]2CCCC2)c(Br)cc1C[S+]1CCCC1. The van der Waals surface area contributed by atoms with Crippen LogP contribution in [-0.4, -0.2) is 30.1 Å². The van der Waals surface area contributed by atoms with E-state index in [2.05, 4.69) is 28.1 Å². The molecule has 116 valence electrons. The highest BCUT2D eigenvalue weighted by Gasteiger charge is 2.28. The van der Waals surface area contributed by atoms with Gasteiger partial charge in [-0.1, -0.05) is 15.9 Å². The van der Waals surface area contributed by atoms with Gasteiger partial charge in [0.2, 0.25) is 0 Å². The van der Waals surface area contributed by atoms with E-state index < -0.39 is 0 Å². The molecule has 0 amide bonds. The molecule has 1 aromatic rings. The molecule has 0 radical (unpaired) electrons. The minimum atomic E-state index is 0.592. The summed E-state index contributed by atoms with van der Waals surface area (Å²) in [4.78, 5) is 0. The van der Waals surface area contributed by atoms with Crippen molar-refractivity contribution in [3.05, 3.63) is 27.7 Å². The van der Waals surface area contributed by atoms with Crippen molar-refractivity contribution in [3.8, 4) is 5.75 Å². The number of ether oxygens (including phenoxy) is 1. The van der Waals surface area contributed by atoms with Crippen LogP contribution in [0.15, 0.2) is 16.6 Å². The zero-order chi connectivity index (χ0) is 14.7. The zero-order valence-corrected chi connectivity index (χ0v) is 16.0. The van der Waals surface area contributed by atoms with Crippen LogP contribution in [-0.2, 0) is 33.3 Å².